The zero-order valence-electron chi connectivity index (χ0n) is 11.4. The number of rotatable bonds is 9. The van der Waals surface area contributed by atoms with Gasteiger partial charge >= 0.3 is 12.6 Å². The zero-order valence-corrected chi connectivity index (χ0v) is 13.0. The molecule has 2 N–H and O–H groups in total. The van der Waals surface area contributed by atoms with Crippen molar-refractivity contribution >= 4 is 21.9 Å². The molecule has 0 bridgehead atoms. The summed E-state index contributed by atoms with van der Waals surface area (Å²) in [4.78, 5) is 10.4. The maximum absolute atomic E-state index is 12.4. The summed E-state index contributed by atoms with van der Waals surface area (Å²) in [6.45, 7) is -0.201. The van der Waals surface area contributed by atoms with Gasteiger partial charge < -0.3 is 19.9 Å². The minimum absolute atomic E-state index is 0.00602. The van der Waals surface area contributed by atoms with E-state index in [0.717, 1.165) is 5.56 Å². The van der Waals surface area contributed by atoms with E-state index < -0.39 is 12.6 Å². The maximum atomic E-state index is 12.4. The molecule has 0 fully saturated rings. The second-order valence-corrected chi connectivity index (χ2v) is 4.89. The molecule has 0 saturated heterocycles. The first-order valence-corrected chi connectivity index (χ1v) is 7.05. The lowest BCUT2D eigenvalue weighted by atomic mass is 10.2. The van der Waals surface area contributed by atoms with Gasteiger partial charge in [0.2, 0.25) is 0 Å². The van der Waals surface area contributed by atoms with Gasteiger partial charge in [0.1, 0.15) is 0 Å². The van der Waals surface area contributed by atoms with E-state index in [4.69, 9.17) is 9.84 Å². The third-order valence-electron chi connectivity index (χ3n) is 2.42. The number of hydrogen-bond donors (Lipinski definition) is 2. The predicted molar refractivity (Wildman–Crippen MR) is 75.9 cm³/mol. The third-order valence-corrected chi connectivity index (χ3v) is 3.01. The van der Waals surface area contributed by atoms with Crippen molar-refractivity contribution in [3.63, 3.8) is 0 Å². The normalized spacial score (nSPS) is 10.7. The molecule has 0 aromatic heterocycles. The van der Waals surface area contributed by atoms with E-state index in [-0.39, 0.29) is 17.9 Å². The Labute approximate surface area is 129 Å². The van der Waals surface area contributed by atoms with Gasteiger partial charge in [-0.25, -0.2) is 0 Å². The average molecular weight is 368 g/mol. The molecule has 0 heterocycles. The second-order valence-electron chi connectivity index (χ2n) is 4.04. The lowest BCUT2D eigenvalue weighted by Crippen LogP contribution is -2.17. The number of ether oxygens (including phenoxy) is 2. The molecule has 0 radical (unpaired) electrons. The van der Waals surface area contributed by atoms with Crippen LogP contribution in [0.5, 0.6) is 11.5 Å². The number of carboxylic acid groups (broad SMARTS) is 1. The molecule has 1 rings (SSSR count). The molecule has 0 spiro atoms. The van der Waals surface area contributed by atoms with Crippen LogP contribution in [-0.4, -0.2) is 30.8 Å². The van der Waals surface area contributed by atoms with E-state index in [1.165, 1.54) is 0 Å². The Morgan fingerprint density at radius 3 is 2.76 bits per heavy atom. The molecule has 1 aromatic carbocycles. The van der Waals surface area contributed by atoms with Crippen LogP contribution in [0, 0.1) is 0 Å². The molecule has 1 aromatic rings. The number of aliphatic carboxylic acids is 1. The van der Waals surface area contributed by atoms with Crippen LogP contribution in [0.1, 0.15) is 18.9 Å². The summed E-state index contributed by atoms with van der Waals surface area (Å²) in [6.07, 6.45) is 0.00602. The van der Waals surface area contributed by atoms with Gasteiger partial charge in [-0.15, -0.1) is 0 Å². The first-order chi connectivity index (χ1) is 9.93. The van der Waals surface area contributed by atoms with Crippen LogP contribution >= 0.6 is 15.9 Å². The van der Waals surface area contributed by atoms with E-state index in [1.54, 1.807) is 19.1 Å². The quantitative estimate of drug-likeness (QED) is 0.656. The summed E-state index contributed by atoms with van der Waals surface area (Å²) in [5.74, 6) is -0.734. The van der Waals surface area contributed by atoms with Gasteiger partial charge in [-0.3, -0.25) is 4.79 Å². The molecule has 0 aliphatic heterocycles. The highest BCUT2D eigenvalue weighted by atomic mass is 79.9. The van der Waals surface area contributed by atoms with Crippen molar-refractivity contribution in [2.24, 2.45) is 0 Å². The fourth-order valence-electron chi connectivity index (χ4n) is 1.62. The van der Waals surface area contributed by atoms with E-state index >= 15 is 0 Å². The van der Waals surface area contributed by atoms with E-state index in [2.05, 4.69) is 26.0 Å². The number of hydrogen-bond acceptors (Lipinski definition) is 4. The zero-order chi connectivity index (χ0) is 15.8. The molecule has 21 heavy (non-hydrogen) atoms. The fourth-order valence-corrected chi connectivity index (χ4v) is 2.20. The Balaban J connectivity index is 2.80. The Morgan fingerprint density at radius 2 is 2.19 bits per heavy atom. The van der Waals surface area contributed by atoms with Crippen LogP contribution in [0.15, 0.2) is 16.6 Å². The summed E-state index contributed by atoms with van der Waals surface area (Å²) < 4.78 is 34.8. The Hall–Kier alpha value is -1.41. The van der Waals surface area contributed by atoms with Crippen molar-refractivity contribution in [1.82, 2.24) is 5.32 Å². The van der Waals surface area contributed by atoms with Crippen molar-refractivity contribution in [3.05, 3.63) is 22.2 Å². The molecule has 8 heteroatoms. The average Bonchev–Trinajstić information content (AvgIpc) is 2.38. The number of carbonyl (C=O) groups is 1. The number of halogens is 3. The topological polar surface area (TPSA) is 67.8 Å². The molecule has 0 amide bonds. The number of alkyl halides is 2. The number of benzene rings is 1. The Bertz CT molecular complexity index is 485. The molecule has 0 unspecified atom stereocenters. The molecule has 0 atom stereocenters. The summed E-state index contributed by atoms with van der Waals surface area (Å²) in [5.41, 5.74) is 0.761. The van der Waals surface area contributed by atoms with Crippen molar-refractivity contribution in [1.29, 1.82) is 0 Å². The van der Waals surface area contributed by atoms with Crippen molar-refractivity contribution < 1.29 is 28.2 Å². The molecule has 0 aliphatic rings. The lowest BCUT2D eigenvalue weighted by molar-refractivity contribution is -0.136. The van der Waals surface area contributed by atoms with Gasteiger partial charge in [0.15, 0.2) is 11.5 Å². The highest BCUT2D eigenvalue weighted by Crippen LogP contribution is 2.37. The van der Waals surface area contributed by atoms with Gasteiger partial charge in [0, 0.05) is 13.1 Å². The molecular weight excluding hydrogens is 352 g/mol. The summed E-state index contributed by atoms with van der Waals surface area (Å²) >= 11 is 3.17. The Morgan fingerprint density at radius 1 is 1.48 bits per heavy atom. The van der Waals surface area contributed by atoms with Crippen LogP contribution in [0.25, 0.3) is 0 Å². The van der Waals surface area contributed by atoms with Crippen LogP contribution in [-0.2, 0) is 11.3 Å². The van der Waals surface area contributed by atoms with Gasteiger partial charge in [0.05, 0.1) is 17.5 Å². The number of nitrogens with one attached hydrogen (secondary N) is 1. The highest BCUT2D eigenvalue weighted by Gasteiger charge is 2.16. The predicted octanol–water partition coefficient (Wildman–Crippen LogP) is 3.01. The lowest BCUT2D eigenvalue weighted by Gasteiger charge is -2.15. The largest absolute Gasteiger partial charge is 0.490 e. The molecule has 5 nitrogen and oxygen atoms in total. The maximum Gasteiger partial charge on any atom is 0.387 e. The van der Waals surface area contributed by atoms with Gasteiger partial charge in [0.25, 0.3) is 0 Å². The minimum atomic E-state index is -2.94. The Kier molecular flexibility index (Phi) is 7.38. The molecular formula is C13H16BrF2NO4. The fraction of sp³-hybridized carbons (Fsp3) is 0.462. The molecule has 118 valence electrons. The van der Waals surface area contributed by atoms with Crippen LogP contribution in [0.4, 0.5) is 8.78 Å². The first-order valence-electron chi connectivity index (χ1n) is 6.26. The third kappa shape index (κ3) is 6.26. The van der Waals surface area contributed by atoms with Crippen molar-refractivity contribution in [3.8, 4) is 11.5 Å². The number of carboxylic acids is 1. The molecule has 0 saturated carbocycles. The molecule has 0 aliphatic carbocycles. The standard InChI is InChI=1S/C13H16BrF2NO4/c1-2-20-10-6-8(7-17-4-3-11(18)19)5-9(14)12(10)21-13(15)16/h5-6,13,17H,2-4,7H2,1H3,(H,18,19). The summed E-state index contributed by atoms with van der Waals surface area (Å²) in [5, 5.41) is 11.5. The van der Waals surface area contributed by atoms with Gasteiger partial charge in [-0.2, -0.15) is 8.78 Å². The van der Waals surface area contributed by atoms with Crippen LogP contribution < -0.4 is 14.8 Å². The SMILES string of the molecule is CCOc1cc(CNCCC(=O)O)cc(Br)c1OC(F)F. The van der Waals surface area contributed by atoms with Gasteiger partial charge in [-0.1, -0.05) is 0 Å². The summed E-state index contributed by atoms with van der Waals surface area (Å²) in [6, 6.07) is 3.20. The van der Waals surface area contributed by atoms with E-state index in [9.17, 15) is 13.6 Å². The second kappa shape index (κ2) is 8.78. The smallest absolute Gasteiger partial charge is 0.387 e. The highest BCUT2D eigenvalue weighted by molar-refractivity contribution is 9.10. The van der Waals surface area contributed by atoms with Crippen molar-refractivity contribution in [2.45, 2.75) is 26.5 Å². The van der Waals surface area contributed by atoms with Crippen LogP contribution in [0.3, 0.4) is 0 Å². The van der Waals surface area contributed by atoms with Crippen LogP contribution in [0.2, 0.25) is 0 Å². The van der Waals surface area contributed by atoms with E-state index in [0.29, 0.717) is 24.2 Å². The van der Waals surface area contributed by atoms with Gasteiger partial charge in [-0.05, 0) is 40.5 Å². The van der Waals surface area contributed by atoms with E-state index in [1.807, 2.05) is 0 Å². The summed E-state index contributed by atoms with van der Waals surface area (Å²) in [7, 11) is 0. The minimum Gasteiger partial charge on any atom is -0.490 e. The monoisotopic (exact) mass is 367 g/mol. The first kappa shape index (κ1) is 17.6. The van der Waals surface area contributed by atoms with Crippen molar-refractivity contribution in [2.75, 3.05) is 13.2 Å².